The largest absolute Gasteiger partial charge is 0.310 e. The van der Waals surface area contributed by atoms with Gasteiger partial charge < -0.3 is 9.80 Å². The van der Waals surface area contributed by atoms with E-state index in [-0.39, 0.29) is 11.8 Å². The van der Waals surface area contributed by atoms with Gasteiger partial charge in [-0.1, -0.05) is 182 Å². The first-order valence-corrected chi connectivity index (χ1v) is 22.3. The van der Waals surface area contributed by atoms with Crippen LogP contribution >= 0.6 is 0 Å². The van der Waals surface area contributed by atoms with E-state index in [9.17, 15) is 0 Å². The van der Waals surface area contributed by atoms with E-state index in [0.717, 1.165) is 22.7 Å². The van der Waals surface area contributed by atoms with Crippen molar-refractivity contribution in [3.05, 3.63) is 287 Å². The highest BCUT2D eigenvalue weighted by Crippen LogP contribution is 2.55. The summed E-state index contributed by atoms with van der Waals surface area (Å²) in [7, 11) is 0. The number of nitrogens with zero attached hydrogens (tertiary/aromatic N) is 2. The van der Waals surface area contributed by atoms with E-state index in [2.05, 4.69) is 253 Å². The molecule has 2 unspecified atom stereocenters. The second kappa shape index (κ2) is 14.7. The lowest BCUT2D eigenvalue weighted by Gasteiger charge is -2.35. The second-order valence-electron chi connectivity index (χ2n) is 17.1. The summed E-state index contributed by atoms with van der Waals surface area (Å²) in [6.07, 6.45) is 23.8. The molecule has 6 aliphatic carbocycles. The van der Waals surface area contributed by atoms with Crippen LogP contribution < -0.4 is 20.2 Å². The van der Waals surface area contributed by atoms with Gasteiger partial charge in [-0.05, 0) is 138 Å². The van der Waals surface area contributed by atoms with Crippen molar-refractivity contribution < 1.29 is 0 Å². The summed E-state index contributed by atoms with van der Waals surface area (Å²) in [6, 6.07) is 65.6. The normalized spacial score (nSPS) is 18.1. The number of benzene rings is 7. The van der Waals surface area contributed by atoms with Crippen molar-refractivity contribution >= 4 is 45.0 Å². The Bertz CT molecular complexity index is 3130. The van der Waals surface area contributed by atoms with Crippen molar-refractivity contribution in [1.82, 2.24) is 0 Å². The molecule has 6 aliphatic rings. The standard InChI is InChI=1S/C62H42N2/c1-7-21-41(22-8-1)55-59-49-35-19-33-47-54(64(45-29-15-5-16-30-45)46-31-17-6-18-32-46)40-38-52(57(47)49)62(59)56(42-23-9-2-10-24-42)60-50-36-20-34-48-53(39-37-51(58(48)50)61(55)60)63(43-25-11-3-12-26-43)44-27-13-4-14-28-44/h1-40,57-58H. The first-order chi connectivity index (χ1) is 31.8. The maximum atomic E-state index is 2.44. The van der Waals surface area contributed by atoms with Gasteiger partial charge in [0.2, 0.25) is 0 Å². The Morgan fingerprint density at radius 2 is 0.594 bits per heavy atom. The number of fused-ring (bicyclic) bond motifs is 4. The SMILES string of the molecule is C1=CC2=c3c(c(-c4ccccc4)c4c(c3-c3ccccc3)C3=CC=C(N(c5ccccc5)c5ccccc5)C5=CC=CC=4C53)C3=CC=C(N(c4ccccc4)c4ccccc4)C(=C1)C32. The van der Waals surface area contributed by atoms with E-state index in [0.29, 0.717) is 0 Å². The number of anilines is 4. The highest BCUT2D eigenvalue weighted by molar-refractivity contribution is 6.09. The first kappa shape index (κ1) is 36.5. The number of para-hydroxylation sites is 4. The van der Waals surface area contributed by atoms with E-state index in [4.69, 9.17) is 0 Å². The van der Waals surface area contributed by atoms with Crippen molar-refractivity contribution in [1.29, 1.82) is 0 Å². The average molecular weight is 815 g/mol. The number of hydrogen-bond donors (Lipinski definition) is 0. The quantitative estimate of drug-likeness (QED) is 0.151. The molecule has 2 nitrogen and oxygen atoms in total. The molecule has 0 saturated carbocycles. The summed E-state index contributed by atoms with van der Waals surface area (Å²) in [6.45, 7) is 0. The van der Waals surface area contributed by atoms with Gasteiger partial charge in [-0.25, -0.2) is 0 Å². The molecular weight excluding hydrogens is 773 g/mol. The van der Waals surface area contributed by atoms with Gasteiger partial charge in [-0.3, -0.25) is 0 Å². The van der Waals surface area contributed by atoms with Crippen LogP contribution in [0.2, 0.25) is 0 Å². The lowest BCUT2D eigenvalue weighted by atomic mass is 9.77. The van der Waals surface area contributed by atoms with Gasteiger partial charge in [0.25, 0.3) is 0 Å². The summed E-state index contributed by atoms with van der Waals surface area (Å²) in [5, 5.41) is 2.70. The first-order valence-electron chi connectivity index (χ1n) is 22.3. The summed E-state index contributed by atoms with van der Waals surface area (Å²) in [5.74, 6) is 0.135. The molecule has 0 aromatic heterocycles. The van der Waals surface area contributed by atoms with Gasteiger partial charge in [-0.2, -0.15) is 0 Å². The molecule has 0 radical (unpaired) electrons. The maximum Gasteiger partial charge on any atom is 0.0503 e. The fourth-order valence-electron chi connectivity index (χ4n) is 11.3. The van der Waals surface area contributed by atoms with Gasteiger partial charge in [0.05, 0.1) is 11.4 Å². The molecule has 0 N–H and O–H groups in total. The van der Waals surface area contributed by atoms with Crippen LogP contribution in [0.1, 0.15) is 11.1 Å². The van der Waals surface area contributed by atoms with Crippen LogP contribution in [0.15, 0.2) is 265 Å². The van der Waals surface area contributed by atoms with Gasteiger partial charge in [0, 0.05) is 34.6 Å². The molecule has 300 valence electrons. The predicted octanol–water partition coefficient (Wildman–Crippen LogP) is 13.8. The molecule has 0 aliphatic heterocycles. The van der Waals surface area contributed by atoms with E-state index >= 15 is 0 Å². The molecule has 0 heterocycles. The molecule has 64 heavy (non-hydrogen) atoms. The van der Waals surface area contributed by atoms with Crippen LogP contribution in [0, 0.1) is 11.8 Å². The fraction of sp³-hybridized carbons (Fsp3) is 0.0323. The van der Waals surface area contributed by atoms with Crippen molar-refractivity contribution in [3.8, 4) is 22.3 Å². The molecule has 0 amide bonds. The molecule has 0 spiro atoms. The van der Waals surface area contributed by atoms with Crippen molar-refractivity contribution in [3.63, 3.8) is 0 Å². The van der Waals surface area contributed by atoms with Gasteiger partial charge in [0.15, 0.2) is 0 Å². The maximum absolute atomic E-state index is 2.44. The third-order valence-electron chi connectivity index (χ3n) is 13.7. The zero-order valence-corrected chi connectivity index (χ0v) is 35.1. The summed E-state index contributed by atoms with van der Waals surface area (Å²) in [5.41, 5.74) is 22.9. The molecule has 0 fully saturated rings. The Balaban J connectivity index is 1.11. The van der Waals surface area contributed by atoms with Gasteiger partial charge in [-0.15, -0.1) is 0 Å². The van der Waals surface area contributed by atoms with Gasteiger partial charge in [0.1, 0.15) is 0 Å². The fourth-order valence-corrected chi connectivity index (χ4v) is 11.3. The van der Waals surface area contributed by atoms with E-state index in [1.54, 1.807) is 0 Å². The van der Waals surface area contributed by atoms with Gasteiger partial charge >= 0.3 is 0 Å². The lowest BCUT2D eigenvalue weighted by molar-refractivity contribution is 0.983. The number of hydrogen-bond acceptors (Lipinski definition) is 2. The Labute approximate surface area is 374 Å². The third-order valence-corrected chi connectivity index (χ3v) is 13.7. The van der Waals surface area contributed by atoms with Crippen LogP contribution in [0.25, 0.3) is 44.5 Å². The highest BCUT2D eigenvalue weighted by Gasteiger charge is 2.45. The Morgan fingerprint density at radius 1 is 0.281 bits per heavy atom. The number of rotatable bonds is 8. The second-order valence-corrected chi connectivity index (χ2v) is 17.1. The van der Waals surface area contributed by atoms with Crippen LogP contribution in [0.4, 0.5) is 22.7 Å². The molecule has 0 bridgehead atoms. The molecule has 2 atom stereocenters. The van der Waals surface area contributed by atoms with Crippen LogP contribution in [-0.4, -0.2) is 0 Å². The minimum atomic E-state index is 0.0673. The zero-order chi connectivity index (χ0) is 42.1. The van der Waals surface area contributed by atoms with Crippen LogP contribution in [-0.2, 0) is 0 Å². The molecule has 2 heteroatoms. The average Bonchev–Trinajstić information content (AvgIpc) is 3.88. The van der Waals surface area contributed by atoms with E-state index in [1.807, 2.05) is 0 Å². The lowest BCUT2D eigenvalue weighted by Crippen LogP contribution is -2.24. The topological polar surface area (TPSA) is 6.48 Å². The predicted molar refractivity (Wildman–Crippen MR) is 267 cm³/mol. The monoisotopic (exact) mass is 814 g/mol. The van der Waals surface area contributed by atoms with E-state index in [1.165, 1.54) is 88.7 Å². The minimum absolute atomic E-state index is 0.0673. The van der Waals surface area contributed by atoms with Crippen molar-refractivity contribution in [2.45, 2.75) is 0 Å². The molecule has 13 rings (SSSR count). The Kier molecular flexibility index (Phi) is 8.39. The summed E-state index contributed by atoms with van der Waals surface area (Å²) >= 11 is 0. The van der Waals surface area contributed by atoms with Crippen molar-refractivity contribution in [2.75, 3.05) is 9.80 Å². The Hall–Kier alpha value is -8.20. The zero-order valence-electron chi connectivity index (χ0n) is 35.1. The molecule has 7 aromatic carbocycles. The molecule has 0 saturated heterocycles. The van der Waals surface area contributed by atoms with Crippen molar-refractivity contribution in [2.24, 2.45) is 11.8 Å². The summed E-state index contributed by atoms with van der Waals surface area (Å²) in [4.78, 5) is 4.86. The summed E-state index contributed by atoms with van der Waals surface area (Å²) < 4.78 is 0. The smallest absolute Gasteiger partial charge is 0.0503 e. The highest BCUT2D eigenvalue weighted by atomic mass is 15.2. The van der Waals surface area contributed by atoms with Crippen LogP contribution in [0.5, 0.6) is 0 Å². The molecular formula is C62H42N2. The third kappa shape index (κ3) is 5.46. The van der Waals surface area contributed by atoms with Crippen LogP contribution in [0.3, 0.4) is 0 Å². The number of allylic oxidation sites excluding steroid dienone is 14. The van der Waals surface area contributed by atoms with E-state index < -0.39 is 0 Å². The molecule has 7 aromatic rings. The Morgan fingerprint density at radius 3 is 0.922 bits per heavy atom. The minimum Gasteiger partial charge on any atom is -0.310 e.